The first kappa shape index (κ1) is 22.6. The van der Waals surface area contributed by atoms with Gasteiger partial charge in [0.25, 0.3) is 11.8 Å². The number of rotatable bonds is 8. The number of ether oxygens (including phenoxy) is 3. The highest BCUT2D eigenvalue weighted by Crippen LogP contribution is 2.39. The second kappa shape index (κ2) is 9.53. The van der Waals surface area contributed by atoms with Crippen LogP contribution in [0.1, 0.15) is 18.5 Å². The summed E-state index contributed by atoms with van der Waals surface area (Å²) in [5, 5.41) is 10.4. The van der Waals surface area contributed by atoms with Gasteiger partial charge in [-0.25, -0.2) is 4.68 Å². The van der Waals surface area contributed by atoms with Crippen LogP contribution in [0.5, 0.6) is 17.2 Å². The lowest BCUT2D eigenvalue weighted by molar-refractivity contribution is -0.120. The smallest absolute Gasteiger partial charge is 0.255 e. The van der Waals surface area contributed by atoms with Gasteiger partial charge in [0.1, 0.15) is 18.1 Å². The minimum atomic E-state index is -0.618. The number of primary amides is 1. The van der Waals surface area contributed by atoms with Crippen molar-refractivity contribution in [2.45, 2.75) is 13.0 Å². The number of nitrogens with zero attached hydrogens (tertiary/aromatic N) is 3. The summed E-state index contributed by atoms with van der Waals surface area (Å²) < 4.78 is 17.9. The summed E-state index contributed by atoms with van der Waals surface area (Å²) in [6, 6.07) is 11.7. The Morgan fingerprint density at radius 2 is 1.88 bits per heavy atom. The number of carbonyl (C=O) groups excluding carboxylic acids is 2. The van der Waals surface area contributed by atoms with Gasteiger partial charge in [0, 0.05) is 5.70 Å². The van der Waals surface area contributed by atoms with Crippen LogP contribution >= 0.6 is 0 Å². The van der Waals surface area contributed by atoms with Crippen molar-refractivity contribution in [2.75, 3.05) is 31.5 Å². The third-order valence-electron chi connectivity index (χ3n) is 5.27. The molecule has 2 amide bonds. The molecular weight excluding hydrogens is 440 g/mol. The van der Waals surface area contributed by atoms with E-state index in [1.54, 1.807) is 48.0 Å². The molecule has 4 rings (SSSR count). The molecule has 0 bridgehead atoms. The molecule has 11 nitrogen and oxygen atoms in total. The molecule has 0 spiro atoms. The maximum absolute atomic E-state index is 13.5. The molecule has 176 valence electrons. The quantitative estimate of drug-likeness (QED) is 0.460. The molecule has 0 saturated carbocycles. The standard InChI is InChI=1S/C23H24N6O5/c1-13-20(22(31)28-15-6-4-5-7-16(15)32-2)21(29-23(27-13)25-12-26-29)14-8-9-17(18(10-14)33-3)34-11-19(24)30/h4-10,12,21H,11H2,1-3H3,(H2,24,30)(H,28,31)(H,25,26,27). The Morgan fingerprint density at radius 1 is 1.12 bits per heavy atom. The predicted molar refractivity (Wildman–Crippen MR) is 124 cm³/mol. The Kier molecular flexibility index (Phi) is 6.35. The van der Waals surface area contributed by atoms with Crippen molar-refractivity contribution >= 4 is 23.5 Å². The lowest BCUT2D eigenvalue weighted by atomic mass is 9.94. The molecule has 2 heterocycles. The van der Waals surface area contributed by atoms with E-state index in [0.717, 1.165) is 0 Å². The van der Waals surface area contributed by atoms with Gasteiger partial charge in [0.2, 0.25) is 5.95 Å². The van der Waals surface area contributed by atoms with E-state index in [1.165, 1.54) is 20.5 Å². The second-order valence-electron chi connectivity index (χ2n) is 7.41. The summed E-state index contributed by atoms with van der Waals surface area (Å²) in [6.45, 7) is 1.51. The molecule has 1 unspecified atom stereocenters. The number of allylic oxidation sites excluding steroid dienone is 1. The minimum Gasteiger partial charge on any atom is -0.495 e. The minimum absolute atomic E-state index is 0.290. The van der Waals surface area contributed by atoms with Crippen LogP contribution in [0.25, 0.3) is 0 Å². The number of aromatic nitrogens is 3. The van der Waals surface area contributed by atoms with Crippen LogP contribution in [0.15, 0.2) is 60.1 Å². The molecule has 1 atom stereocenters. The van der Waals surface area contributed by atoms with Crippen molar-refractivity contribution in [3.8, 4) is 17.2 Å². The fourth-order valence-corrected chi connectivity index (χ4v) is 3.75. The fourth-order valence-electron chi connectivity index (χ4n) is 3.75. The molecule has 0 aliphatic carbocycles. The molecule has 0 saturated heterocycles. The Labute approximate surface area is 195 Å². The number of nitrogens with two attached hydrogens (primary N) is 1. The van der Waals surface area contributed by atoms with Crippen molar-refractivity contribution in [3.63, 3.8) is 0 Å². The van der Waals surface area contributed by atoms with Gasteiger partial charge in [-0.3, -0.25) is 9.59 Å². The highest BCUT2D eigenvalue weighted by molar-refractivity contribution is 6.06. The van der Waals surface area contributed by atoms with Crippen LogP contribution in [0.3, 0.4) is 0 Å². The largest absolute Gasteiger partial charge is 0.495 e. The molecule has 1 aromatic heterocycles. The maximum Gasteiger partial charge on any atom is 0.255 e. The van der Waals surface area contributed by atoms with Gasteiger partial charge in [-0.2, -0.15) is 10.1 Å². The summed E-state index contributed by atoms with van der Waals surface area (Å²) in [5.41, 5.74) is 7.45. The zero-order valence-electron chi connectivity index (χ0n) is 18.9. The average molecular weight is 464 g/mol. The summed E-state index contributed by atoms with van der Waals surface area (Å²) in [5.74, 6) is 0.803. The van der Waals surface area contributed by atoms with Gasteiger partial charge >= 0.3 is 0 Å². The number of amides is 2. The van der Waals surface area contributed by atoms with E-state index in [1.807, 2.05) is 6.07 Å². The molecular formula is C23H24N6O5. The molecule has 3 aromatic rings. The summed E-state index contributed by atoms with van der Waals surface area (Å²) >= 11 is 0. The predicted octanol–water partition coefficient (Wildman–Crippen LogP) is 2.09. The molecule has 11 heteroatoms. The van der Waals surface area contributed by atoms with E-state index in [4.69, 9.17) is 19.9 Å². The monoisotopic (exact) mass is 464 g/mol. The second-order valence-corrected chi connectivity index (χ2v) is 7.41. The zero-order chi connectivity index (χ0) is 24.2. The number of hydrogen-bond donors (Lipinski definition) is 3. The van der Waals surface area contributed by atoms with E-state index >= 15 is 0 Å². The first-order valence-electron chi connectivity index (χ1n) is 10.3. The lowest BCUT2D eigenvalue weighted by Gasteiger charge is -2.29. The van der Waals surface area contributed by atoms with Crippen LogP contribution in [-0.4, -0.2) is 47.4 Å². The molecule has 1 aliphatic rings. The molecule has 1 aliphatic heterocycles. The maximum atomic E-state index is 13.5. The van der Waals surface area contributed by atoms with Crippen molar-refractivity contribution in [1.29, 1.82) is 0 Å². The number of hydrogen-bond acceptors (Lipinski definition) is 8. The number of fused-ring (bicyclic) bond motifs is 1. The Hall–Kier alpha value is -4.54. The van der Waals surface area contributed by atoms with Gasteiger partial charge < -0.3 is 30.6 Å². The summed E-state index contributed by atoms with van der Waals surface area (Å²) in [6.07, 6.45) is 1.41. The SMILES string of the molecule is COc1ccccc1NC(=O)C1=C(C)Nc2ncnn2C1c1ccc(OCC(N)=O)c(OC)c1. The number of para-hydroxylation sites is 2. The third kappa shape index (κ3) is 4.35. The van der Waals surface area contributed by atoms with Crippen LogP contribution in [0, 0.1) is 0 Å². The van der Waals surface area contributed by atoms with E-state index in [2.05, 4.69) is 20.7 Å². The lowest BCUT2D eigenvalue weighted by Crippen LogP contribution is -2.31. The van der Waals surface area contributed by atoms with Crippen LogP contribution in [0.2, 0.25) is 0 Å². The van der Waals surface area contributed by atoms with Crippen molar-refractivity contribution in [2.24, 2.45) is 5.73 Å². The number of anilines is 2. The molecule has 34 heavy (non-hydrogen) atoms. The number of nitrogens with one attached hydrogen (secondary N) is 2. The topological polar surface area (TPSA) is 143 Å². The molecule has 0 radical (unpaired) electrons. The van der Waals surface area contributed by atoms with Gasteiger partial charge in [-0.15, -0.1) is 0 Å². The Morgan fingerprint density at radius 3 is 2.62 bits per heavy atom. The van der Waals surface area contributed by atoms with Gasteiger partial charge in [0.05, 0.1) is 25.5 Å². The Balaban J connectivity index is 1.74. The number of methoxy groups -OCH3 is 2. The number of carbonyl (C=O) groups is 2. The van der Waals surface area contributed by atoms with Crippen LogP contribution < -0.4 is 30.6 Å². The first-order valence-corrected chi connectivity index (χ1v) is 10.3. The molecule has 4 N–H and O–H groups in total. The van der Waals surface area contributed by atoms with Crippen LogP contribution in [0.4, 0.5) is 11.6 Å². The van der Waals surface area contributed by atoms with Crippen molar-refractivity contribution < 1.29 is 23.8 Å². The van der Waals surface area contributed by atoms with Crippen LogP contribution in [-0.2, 0) is 9.59 Å². The number of benzene rings is 2. The highest BCUT2D eigenvalue weighted by Gasteiger charge is 2.34. The zero-order valence-corrected chi connectivity index (χ0v) is 18.9. The third-order valence-corrected chi connectivity index (χ3v) is 5.27. The molecule has 2 aromatic carbocycles. The first-order chi connectivity index (χ1) is 16.4. The average Bonchev–Trinajstić information content (AvgIpc) is 3.30. The molecule has 0 fully saturated rings. The van der Waals surface area contributed by atoms with Crippen molar-refractivity contribution in [1.82, 2.24) is 14.8 Å². The van der Waals surface area contributed by atoms with E-state index in [0.29, 0.717) is 45.7 Å². The Bertz CT molecular complexity index is 1270. The fraction of sp³-hybridized carbons (Fsp3) is 0.217. The normalized spacial score (nSPS) is 14.6. The summed E-state index contributed by atoms with van der Waals surface area (Å²) in [4.78, 5) is 28.9. The van der Waals surface area contributed by atoms with Gasteiger partial charge in [0.15, 0.2) is 18.1 Å². The van der Waals surface area contributed by atoms with E-state index in [-0.39, 0.29) is 12.5 Å². The van der Waals surface area contributed by atoms with Gasteiger partial charge in [-0.05, 0) is 36.8 Å². The highest BCUT2D eigenvalue weighted by atomic mass is 16.5. The van der Waals surface area contributed by atoms with E-state index in [9.17, 15) is 9.59 Å². The van der Waals surface area contributed by atoms with Gasteiger partial charge in [-0.1, -0.05) is 18.2 Å². The summed E-state index contributed by atoms with van der Waals surface area (Å²) in [7, 11) is 3.02. The van der Waals surface area contributed by atoms with E-state index < -0.39 is 11.9 Å². The van der Waals surface area contributed by atoms with Crippen molar-refractivity contribution in [3.05, 3.63) is 65.6 Å².